The lowest BCUT2D eigenvalue weighted by Crippen LogP contribution is -2.36. The summed E-state index contributed by atoms with van der Waals surface area (Å²) in [6, 6.07) is 12.1. The van der Waals surface area contributed by atoms with Crippen LogP contribution >= 0.6 is 0 Å². The summed E-state index contributed by atoms with van der Waals surface area (Å²) in [6.07, 6.45) is -4.57. The summed E-state index contributed by atoms with van der Waals surface area (Å²) in [7, 11) is 1.49. The Morgan fingerprint density at radius 3 is 2.28 bits per heavy atom. The highest BCUT2D eigenvalue weighted by Crippen LogP contribution is 2.19. The van der Waals surface area contributed by atoms with Crippen molar-refractivity contribution in [1.29, 1.82) is 0 Å². The minimum atomic E-state index is -4.57. The van der Waals surface area contributed by atoms with Gasteiger partial charge >= 0.3 is 12.1 Å². The molecule has 0 saturated heterocycles. The van der Waals surface area contributed by atoms with Crippen LogP contribution in [0, 0.1) is 0 Å². The third kappa shape index (κ3) is 6.83. The molecule has 0 atom stereocenters. The van der Waals surface area contributed by atoms with Crippen LogP contribution in [0.15, 0.2) is 48.5 Å². The van der Waals surface area contributed by atoms with Gasteiger partial charge in [0.15, 0.2) is 6.61 Å². The zero-order valence-corrected chi connectivity index (χ0v) is 15.2. The van der Waals surface area contributed by atoms with Crippen LogP contribution < -0.4 is 15.4 Å². The van der Waals surface area contributed by atoms with Gasteiger partial charge in [-0.25, -0.2) is 4.79 Å². The van der Waals surface area contributed by atoms with Crippen LogP contribution in [0.5, 0.6) is 5.75 Å². The van der Waals surface area contributed by atoms with Gasteiger partial charge in [0.1, 0.15) is 12.3 Å². The third-order valence-electron chi connectivity index (χ3n) is 3.57. The van der Waals surface area contributed by atoms with Crippen molar-refractivity contribution >= 4 is 23.5 Å². The van der Waals surface area contributed by atoms with Crippen LogP contribution in [0.2, 0.25) is 0 Å². The minimum absolute atomic E-state index is 0.0574. The number of methoxy groups -OCH3 is 1. The highest BCUT2D eigenvalue weighted by Gasteiger charge is 2.28. The molecule has 0 aliphatic rings. The fourth-order valence-corrected chi connectivity index (χ4v) is 2.17. The Hall–Kier alpha value is -3.56. The number of anilines is 1. The maximum absolute atomic E-state index is 12.4. The lowest BCUT2D eigenvalue weighted by Gasteiger charge is -2.12. The second-order valence-electron chi connectivity index (χ2n) is 5.70. The van der Waals surface area contributed by atoms with E-state index in [4.69, 9.17) is 9.47 Å². The van der Waals surface area contributed by atoms with E-state index < -0.39 is 37.1 Å². The van der Waals surface area contributed by atoms with Crippen LogP contribution in [0.1, 0.15) is 20.7 Å². The molecule has 0 heterocycles. The molecule has 0 fully saturated rings. The first-order valence-corrected chi connectivity index (χ1v) is 8.24. The van der Waals surface area contributed by atoms with Crippen molar-refractivity contribution in [2.75, 3.05) is 25.6 Å². The Bertz CT molecular complexity index is 882. The molecule has 10 heteroatoms. The molecule has 0 saturated carbocycles. The van der Waals surface area contributed by atoms with Crippen molar-refractivity contribution in [2.24, 2.45) is 0 Å². The number of hydrogen-bond donors (Lipinski definition) is 2. The standard InChI is InChI=1S/C19H17F3N2O5/c1-28-13-8-6-12(7-9-13)17(26)24-15-5-3-2-4-14(15)18(27)29-10-16(25)23-11-19(20,21)22/h2-9H,10-11H2,1H3,(H,23,25)(H,24,26). The van der Waals surface area contributed by atoms with Crippen LogP contribution in [-0.4, -0.2) is 44.2 Å². The first-order valence-electron chi connectivity index (χ1n) is 8.24. The molecule has 0 spiro atoms. The summed E-state index contributed by atoms with van der Waals surface area (Å²) < 4.78 is 45.9. The summed E-state index contributed by atoms with van der Waals surface area (Å²) in [5.41, 5.74) is 0.368. The van der Waals surface area contributed by atoms with E-state index in [-0.39, 0.29) is 11.3 Å². The SMILES string of the molecule is COc1ccc(C(=O)Nc2ccccc2C(=O)OCC(=O)NCC(F)(F)F)cc1. The predicted octanol–water partition coefficient (Wildman–Crippen LogP) is 2.78. The van der Waals surface area contributed by atoms with Gasteiger partial charge in [-0.3, -0.25) is 9.59 Å². The van der Waals surface area contributed by atoms with E-state index in [2.05, 4.69) is 5.32 Å². The number of hydrogen-bond acceptors (Lipinski definition) is 5. The Kier molecular flexibility index (Phi) is 7.18. The highest BCUT2D eigenvalue weighted by atomic mass is 19.4. The van der Waals surface area contributed by atoms with Gasteiger partial charge in [0.25, 0.3) is 11.8 Å². The fraction of sp³-hybridized carbons (Fsp3) is 0.211. The van der Waals surface area contributed by atoms with Gasteiger partial charge in [-0.1, -0.05) is 12.1 Å². The molecule has 2 aromatic rings. The highest BCUT2D eigenvalue weighted by molar-refractivity contribution is 6.08. The van der Waals surface area contributed by atoms with Crippen LogP contribution in [0.4, 0.5) is 18.9 Å². The molecule has 29 heavy (non-hydrogen) atoms. The van der Waals surface area contributed by atoms with E-state index in [9.17, 15) is 27.6 Å². The van der Waals surface area contributed by atoms with E-state index in [0.29, 0.717) is 11.3 Å². The van der Waals surface area contributed by atoms with Gasteiger partial charge < -0.3 is 20.1 Å². The molecule has 0 aliphatic carbocycles. The molecule has 2 aromatic carbocycles. The van der Waals surface area contributed by atoms with E-state index in [0.717, 1.165) is 0 Å². The predicted molar refractivity (Wildman–Crippen MR) is 96.7 cm³/mol. The Morgan fingerprint density at radius 2 is 1.66 bits per heavy atom. The summed E-state index contributed by atoms with van der Waals surface area (Å²) in [5, 5.41) is 4.13. The van der Waals surface area contributed by atoms with Gasteiger partial charge in [-0.2, -0.15) is 13.2 Å². The van der Waals surface area contributed by atoms with Crippen molar-refractivity contribution in [2.45, 2.75) is 6.18 Å². The minimum Gasteiger partial charge on any atom is -0.497 e. The number of ether oxygens (including phenoxy) is 2. The molecular weight excluding hydrogens is 393 g/mol. The second-order valence-corrected chi connectivity index (χ2v) is 5.70. The first kappa shape index (κ1) is 21.7. The third-order valence-corrected chi connectivity index (χ3v) is 3.57. The van der Waals surface area contributed by atoms with Gasteiger partial charge in [0.2, 0.25) is 0 Å². The topological polar surface area (TPSA) is 93.7 Å². The number of esters is 1. The number of nitrogens with one attached hydrogen (secondary N) is 2. The molecule has 2 N–H and O–H groups in total. The number of carbonyl (C=O) groups is 3. The monoisotopic (exact) mass is 410 g/mol. The van der Waals surface area contributed by atoms with E-state index >= 15 is 0 Å². The largest absolute Gasteiger partial charge is 0.497 e. The Morgan fingerprint density at radius 1 is 1.00 bits per heavy atom. The number of amides is 2. The van der Waals surface area contributed by atoms with Gasteiger partial charge in [-0.05, 0) is 36.4 Å². The zero-order chi connectivity index (χ0) is 21.4. The molecule has 0 unspecified atom stereocenters. The average molecular weight is 410 g/mol. The van der Waals surface area contributed by atoms with Crippen molar-refractivity contribution in [1.82, 2.24) is 5.32 Å². The Balaban J connectivity index is 2.00. The maximum atomic E-state index is 12.4. The van der Waals surface area contributed by atoms with Crippen molar-refractivity contribution in [3.63, 3.8) is 0 Å². The Labute approximate surface area is 163 Å². The quantitative estimate of drug-likeness (QED) is 0.685. The lowest BCUT2D eigenvalue weighted by molar-refractivity contribution is -0.140. The van der Waals surface area contributed by atoms with Crippen molar-refractivity contribution in [3.8, 4) is 5.75 Å². The van der Waals surface area contributed by atoms with Crippen LogP contribution in [0.25, 0.3) is 0 Å². The zero-order valence-electron chi connectivity index (χ0n) is 15.2. The fourth-order valence-electron chi connectivity index (χ4n) is 2.17. The summed E-state index contributed by atoms with van der Waals surface area (Å²) in [5.74, 6) is -2.02. The van der Waals surface area contributed by atoms with Crippen LogP contribution in [-0.2, 0) is 9.53 Å². The molecular formula is C19H17F3N2O5. The second kappa shape index (κ2) is 9.58. The molecule has 2 amide bonds. The van der Waals surface area contributed by atoms with E-state index in [1.54, 1.807) is 23.5 Å². The number of para-hydroxylation sites is 1. The van der Waals surface area contributed by atoms with Crippen molar-refractivity contribution in [3.05, 3.63) is 59.7 Å². The summed E-state index contributed by atoms with van der Waals surface area (Å²) in [6.45, 7) is -2.42. The normalized spacial score (nSPS) is 10.8. The number of rotatable bonds is 7. The summed E-state index contributed by atoms with van der Waals surface area (Å²) >= 11 is 0. The van der Waals surface area contributed by atoms with Crippen molar-refractivity contribution < 1.29 is 37.0 Å². The molecule has 0 bridgehead atoms. The summed E-state index contributed by atoms with van der Waals surface area (Å²) in [4.78, 5) is 35.9. The average Bonchev–Trinajstić information content (AvgIpc) is 2.70. The number of halogens is 3. The molecule has 0 radical (unpaired) electrons. The van der Waals surface area contributed by atoms with Gasteiger partial charge in [0, 0.05) is 5.56 Å². The smallest absolute Gasteiger partial charge is 0.405 e. The number of carbonyl (C=O) groups excluding carboxylic acids is 3. The molecule has 7 nitrogen and oxygen atoms in total. The molecule has 2 rings (SSSR count). The lowest BCUT2D eigenvalue weighted by atomic mass is 10.1. The van der Waals surface area contributed by atoms with E-state index in [1.165, 1.54) is 37.4 Å². The maximum Gasteiger partial charge on any atom is 0.405 e. The molecule has 0 aromatic heterocycles. The van der Waals surface area contributed by atoms with Crippen LogP contribution in [0.3, 0.4) is 0 Å². The molecule has 154 valence electrons. The van der Waals surface area contributed by atoms with Gasteiger partial charge in [-0.15, -0.1) is 0 Å². The number of benzene rings is 2. The van der Waals surface area contributed by atoms with Gasteiger partial charge in [0.05, 0.1) is 18.4 Å². The van der Waals surface area contributed by atoms with E-state index in [1.807, 2.05) is 0 Å². The molecule has 0 aliphatic heterocycles. The first-order chi connectivity index (χ1) is 13.7. The number of alkyl halides is 3.